The van der Waals surface area contributed by atoms with Crippen LogP contribution in [0.1, 0.15) is 12.0 Å². The average Bonchev–Trinajstić information content (AvgIpc) is 2.74. The quantitative estimate of drug-likeness (QED) is 0.856. The summed E-state index contributed by atoms with van der Waals surface area (Å²) in [6.07, 6.45) is -0.212. The zero-order valence-corrected chi connectivity index (χ0v) is 12.1. The van der Waals surface area contributed by atoms with E-state index < -0.39 is 12.1 Å². The lowest BCUT2D eigenvalue weighted by atomic mass is 10.1. The monoisotopic (exact) mass is 331 g/mol. The predicted octanol–water partition coefficient (Wildman–Crippen LogP) is 1.70. The zero-order valence-electron chi connectivity index (χ0n) is 10.5. The number of esters is 1. The Bertz CT molecular complexity index is 483. The Morgan fingerprint density at radius 2 is 2.37 bits per heavy atom. The number of hydrogen-bond acceptors (Lipinski definition) is 4. The van der Waals surface area contributed by atoms with Crippen LogP contribution in [0.4, 0.5) is 4.39 Å². The molecule has 1 fully saturated rings. The molecular weight excluding hydrogens is 317 g/mol. The molecule has 1 aromatic carbocycles. The maximum Gasteiger partial charge on any atom is 0.323 e. The van der Waals surface area contributed by atoms with Gasteiger partial charge in [0, 0.05) is 24.0 Å². The van der Waals surface area contributed by atoms with Crippen LogP contribution in [0.3, 0.4) is 0 Å². The van der Waals surface area contributed by atoms with Gasteiger partial charge in [0.1, 0.15) is 11.9 Å². The summed E-state index contributed by atoms with van der Waals surface area (Å²) in [7, 11) is 1.32. The summed E-state index contributed by atoms with van der Waals surface area (Å²) < 4.78 is 18.7. The summed E-state index contributed by atoms with van der Waals surface area (Å²) in [6.45, 7) is 0.762. The third-order valence-corrected chi connectivity index (χ3v) is 4.01. The van der Waals surface area contributed by atoms with Gasteiger partial charge >= 0.3 is 5.97 Å². The van der Waals surface area contributed by atoms with Crippen LogP contribution < -0.4 is 0 Å². The fourth-order valence-electron chi connectivity index (χ4n) is 2.32. The summed E-state index contributed by atoms with van der Waals surface area (Å²) in [4.78, 5) is 13.5. The summed E-state index contributed by atoms with van der Waals surface area (Å²) in [5, 5.41) is 9.68. The van der Waals surface area contributed by atoms with Crippen molar-refractivity contribution in [2.75, 3.05) is 13.7 Å². The zero-order chi connectivity index (χ0) is 14.0. The second kappa shape index (κ2) is 5.98. The lowest BCUT2D eigenvalue weighted by Crippen LogP contribution is -2.36. The molecule has 6 heteroatoms. The number of aliphatic hydroxyl groups excluding tert-OH is 1. The summed E-state index contributed by atoms with van der Waals surface area (Å²) in [5.41, 5.74) is 0.739. The predicted molar refractivity (Wildman–Crippen MR) is 70.9 cm³/mol. The van der Waals surface area contributed by atoms with E-state index in [4.69, 9.17) is 4.74 Å². The minimum atomic E-state index is -0.559. The van der Waals surface area contributed by atoms with E-state index in [1.165, 1.54) is 19.2 Å². The molecule has 2 unspecified atom stereocenters. The molecule has 0 amide bonds. The molecule has 2 atom stereocenters. The first-order valence-corrected chi connectivity index (χ1v) is 6.74. The van der Waals surface area contributed by atoms with Crippen molar-refractivity contribution in [2.45, 2.75) is 25.1 Å². The summed E-state index contributed by atoms with van der Waals surface area (Å²) in [5.74, 6) is -0.698. The summed E-state index contributed by atoms with van der Waals surface area (Å²) >= 11 is 3.35. The van der Waals surface area contributed by atoms with Crippen LogP contribution in [0.5, 0.6) is 0 Å². The van der Waals surface area contributed by atoms with Gasteiger partial charge in [0.2, 0.25) is 0 Å². The molecule has 0 aromatic heterocycles. The Morgan fingerprint density at radius 3 is 3.05 bits per heavy atom. The molecule has 0 bridgehead atoms. The van der Waals surface area contributed by atoms with Crippen LogP contribution in [-0.2, 0) is 16.1 Å². The van der Waals surface area contributed by atoms with Crippen molar-refractivity contribution in [1.29, 1.82) is 0 Å². The van der Waals surface area contributed by atoms with Crippen molar-refractivity contribution in [2.24, 2.45) is 0 Å². The minimum absolute atomic E-state index is 0.326. The van der Waals surface area contributed by atoms with E-state index in [2.05, 4.69) is 15.9 Å². The largest absolute Gasteiger partial charge is 0.468 e. The van der Waals surface area contributed by atoms with Gasteiger partial charge in [0.05, 0.1) is 13.2 Å². The molecule has 0 aliphatic carbocycles. The first-order chi connectivity index (χ1) is 9.01. The summed E-state index contributed by atoms with van der Waals surface area (Å²) in [6, 6.07) is 3.94. The van der Waals surface area contributed by atoms with Gasteiger partial charge < -0.3 is 9.84 Å². The molecule has 1 heterocycles. The average molecular weight is 332 g/mol. The standard InChI is InChI=1S/C13H15BrFNO3/c1-19-13(18)12-5-10(17)7-16(12)6-8-4-9(15)2-3-11(8)14/h2-4,10,12,17H,5-7H2,1H3. The molecule has 104 valence electrons. The number of hydrogen-bond donors (Lipinski definition) is 1. The van der Waals surface area contributed by atoms with Gasteiger partial charge in [-0.25, -0.2) is 4.39 Å². The molecule has 0 radical (unpaired) electrons. The van der Waals surface area contributed by atoms with Gasteiger partial charge in [0.15, 0.2) is 0 Å². The number of likely N-dealkylation sites (tertiary alicyclic amines) is 1. The molecule has 4 nitrogen and oxygen atoms in total. The Hall–Kier alpha value is -0.980. The second-order valence-corrected chi connectivity index (χ2v) is 5.45. The van der Waals surface area contributed by atoms with E-state index in [1.807, 2.05) is 0 Å². The van der Waals surface area contributed by atoms with Crippen molar-refractivity contribution in [3.05, 3.63) is 34.1 Å². The van der Waals surface area contributed by atoms with Crippen molar-refractivity contribution in [3.63, 3.8) is 0 Å². The number of β-amino-alcohol motifs (C(OH)–C–C–N with tert-alkyl or cyclic N) is 1. The number of halogens is 2. The number of nitrogens with zero attached hydrogens (tertiary/aromatic N) is 1. The molecule has 1 aliphatic heterocycles. The number of aliphatic hydroxyl groups is 1. The van der Waals surface area contributed by atoms with Gasteiger partial charge in [-0.3, -0.25) is 9.69 Å². The topological polar surface area (TPSA) is 49.8 Å². The molecular formula is C13H15BrFNO3. The van der Waals surface area contributed by atoms with Crippen LogP contribution >= 0.6 is 15.9 Å². The molecule has 1 aliphatic rings. The van der Waals surface area contributed by atoms with Crippen molar-refractivity contribution < 1.29 is 19.0 Å². The van der Waals surface area contributed by atoms with E-state index in [1.54, 1.807) is 11.0 Å². The van der Waals surface area contributed by atoms with Crippen LogP contribution in [0.25, 0.3) is 0 Å². The van der Waals surface area contributed by atoms with Gasteiger partial charge in [-0.1, -0.05) is 15.9 Å². The maximum absolute atomic E-state index is 13.2. The van der Waals surface area contributed by atoms with Gasteiger partial charge in [-0.05, 0) is 23.8 Å². The smallest absolute Gasteiger partial charge is 0.323 e. The number of carbonyl (C=O) groups excluding carboxylic acids is 1. The molecule has 0 spiro atoms. The van der Waals surface area contributed by atoms with Crippen molar-refractivity contribution in [1.82, 2.24) is 4.90 Å². The highest BCUT2D eigenvalue weighted by Gasteiger charge is 2.36. The fourth-order valence-corrected chi connectivity index (χ4v) is 2.69. The van der Waals surface area contributed by atoms with E-state index in [-0.39, 0.29) is 11.8 Å². The Labute approximate surface area is 119 Å². The highest BCUT2D eigenvalue weighted by Crippen LogP contribution is 2.25. The van der Waals surface area contributed by atoms with Gasteiger partial charge in [-0.2, -0.15) is 0 Å². The lowest BCUT2D eigenvalue weighted by Gasteiger charge is -2.22. The SMILES string of the molecule is COC(=O)C1CC(O)CN1Cc1cc(F)ccc1Br. The second-order valence-electron chi connectivity index (χ2n) is 4.59. The Morgan fingerprint density at radius 1 is 1.63 bits per heavy atom. The minimum Gasteiger partial charge on any atom is -0.468 e. The van der Waals surface area contributed by atoms with E-state index in [0.29, 0.717) is 19.5 Å². The van der Waals surface area contributed by atoms with Crippen LogP contribution in [0.15, 0.2) is 22.7 Å². The fraction of sp³-hybridized carbons (Fsp3) is 0.462. The van der Waals surface area contributed by atoms with Gasteiger partial charge in [0.25, 0.3) is 0 Å². The number of rotatable bonds is 3. The van der Waals surface area contributed by atoms with Crippen LogP contribution in [0, 0.1) is 5.82 Å². The third kappa shape index (κ3) is 3.32. The Balaban J connectivity index is 2.16. The highest BCUT2D eigenvalue weighted by molar-refractivity contribution is 9.10. The van der Waals surface area contributed by atoms with Crippen molar-refractivity contribution >= 4 is 21.9 Å². The molecule has 1 aromatic rings. The number of carbonyl (C=O) groups is 1. The molecule has 19 heavy (non-hydrogen) atoms. The normalized spacial score (nSPS) is 23.6. The van der Waals surface area contributed by atoms with Crippen LogP contribution in [0.2, 0.25) is 0 Å². The third-order valence-electron chi connectivity index (χ3n) is 3.24. The molecule has 0 saturated carbocycles. The van der Waals surface area contributed by atoms with Gasteiger partial charge in [-0.15, -0.1) is 0 Å². The van der Waals surface area contributed by atoms with E-state index in [9.17, 15) is 14.3 Å². The van der Waals surface area contributed by atoms with Crippen molar-refractivity contribution in [3.8, 4) is 0 Å². The number of methoxy groups -OCH3 is 1. The lowest BCUT2D eigenvalue weighted by molar-refractivity contribution is -0.146. The first-order valence-electron chi connectivity index (χ1n) is 5.95. The van der Waals surface area contributed by atoms with E-state index >= 15 is 0 Å². The molecule has 2 rings (SSSR count). The molecule has 1 N–H and O–H groups in total. The van der Waals surface area contributed by atoms with E-state index in [0.717, 1.165) is 10.0 Å². The highest BCUT2D eigenvalue weighted by atomic mass is 79.9. The number of benzene rings is 1. The molecule has 1 saturated heterocycles. The Kier molecular flexibility index (Phi) is 4.54. The number of ether oxygens (including phenoxy) is 1. The van der Waals surface area contributed by atoms with Crippen LogP contribution in [-0.4, -0.2) is 41.8 Å². The maximum atomic E-state index is 13.2. The first kappa shape index (κ1) is 14.4.